The molecule has 2 aromatic rings. The van der Waals surface area contributed by atoms with E-state index in [1.807, 2.05) is 36.6 Å². The Balaban J connectivity index is 1.80. The Bertz CT molecular complexity index is 605. The largest absolute Gasteiger partial charge is 0.484 e. The quantitative estimate of drug-likeness (QED) is 0.847. The molecule has 0 atom stereocenters. The number of thiazole rings is 1. The van der Waals surface area contributed by atoms with Crippen LogP contribution in [0, 0.1) is 12.8 Å². The van der Waals surface area contributed by atoms with Gasteiger partial charge in [-0.3, -0.25) is 4.79 Å². The number of nitrogens with one attached hydrogen (secondary N) is 1. The molecule has 0 saturated carbocycles. The normalized spacial score (nSPS) is 10.7. The van der Waals surface area contributed by atoms with Gasteiger partial charge in [-0.05, 0) is 43.5 Å². The Hall–Kier alpha value is -1.88. The van der Waals surface area contributed by atoms with Gasteiger partial charge in [0.1, 0.15) is 10.8 Å². The first-order valence-electron chi connectivity index (χ1n) is 7.46. The highest BCUT2D eigenvalue weighted by atomic mass is 32.1. The van der Waals surface area contributed by atoms with Gasteiger partial charge in [-0.15, -0.1) is 11.3 Å². The van der Waals surface area contributed by atoms with Gasteiger partial charge in [0.25, 0.3) is 5.91 Å². The predicted molar refractivity (Wildman–Crippen MR) is 90.2 cm³/mol. The van der Waals surface area contributed by atoms with Crippen molar-refractivity contribution >= 4 is 17.2 Å². The lowest BCUT2D eigenvalue weighted by Gasteiger charge is -2.09. The number of aromatic nitrogens is 1. The number of carbonyl (C=O) groups excluding carboxylic acids is 1. The maximum Gasteiger partial charge on any atom is 0.257 e. The van der Waals surface area contributed by atoms with Crippen LogP contribution in [0.4, 0.5) is 0 Å². The summed E-state index contributed by atoms with van der Waals surface area (Å²) >= 11 is 1.62. The Labute approximate surface area is 135 Å². The molecule has 4 nitrogen and oxygen atoms in total. The average molecular weight is 318 g/mol. The fourth-order valence-corrected chi connectivity index (χ4v) is 2.68. The van der Waals surface area contributed by atoms with Crippen molar-refractivity contribution in [1.82, 2.24) is 10.3 Å². The van der Waals surface area contributed by atoms with Crippen LogP contribution in [0.15, 0.2) is 29.6 Å². The Morgan fingerprint density at radius 3 is 2.64 bits per heavy atom. The summed E-state index contributed by atoms with van der Waals surface area (Å²) < 4.78 is 5.49. The summed E-state index contributed by atoms with van der Waals surface area (Å²) in [6.45, 7) is 6.99. The molecule has 1 heterocycles. The van der Waals surface area contributed by atoms with Gasteiger partial charge in [0.15, 0.2) is 6.61 Å². The third kappa shape index (κ3) is 5.15. The standard InChI is InChI=1S/C17H22N2O2S/c1-12(2)8-9-18-16(20)10-21-15-6-4-14(5-7-15)17-19-13(3)11-22-17/h4-7,11-12H,8-10H2,1-3H3,(H,18,20). The summed E-state index contributed by atoms with van der Waals surface area (Å²) in [6.07, 6.45) is 0.980. The van der Waals surface area contributed by atoms with E-state index < -0.39 is 0 Å². The lowest BCUT2D eigenvalue weighted by atomic mass is 10.1. The molecule has 2 rings (SSSR count). The lowest BCUT2D eigenvalue weighted by molar-refractivity contribution is -0.123. The van der Waals surface area contributed by atoms with Crippen LogP contribution < -0.4 is 10.1 Å². The van der Waals surface area contributed by atoms with E-state index in [9.17, 15) is 4.79 Å². The van der Waals surface area contributed by atoms with Crippen LogP contribution in [0.1, 0.15) is 26.0 Å². The molecule has 0 aliphatic carbocycles. The van der Waals surface area contributed by atoms with Crippen LogP contribution in [0.5, 0.6) is 5.75 Å². The minimum atomic E-state index is -0.0831. The Morgan fingerprint density at radius 2 is 2.05 bits per heavy atom. The number of rotatable bonds is 7. The molecule has 0 spiro atoms. The molecular weight excluding hydrogens is 296 g/mol. The topological polar surface area (TPSA) is 51.2 Å². The van der Waals surface area contributed by atoms with Gasteiger partial charge in [0, 0.05) is 23.2 Å². The van der Waals surface area contributed by atoms with Gasteiger partial charge in [-0.1, -0.05) is 13.8 Å². The SMILES string of the molecule is Cc1csc(-c2ccc(OCC(=O)NCCC(C)C)cc2)n1. The van der Waals surface area contributed by atoms with Crippen molar-refractivity contribution in [3.63, 3.8) is 0 Å². The molecule has 1 N–H and O–H groups in total. The summed E-state index contributed by atoms with van der Waals surface area (Å²) in [5.74, 6) is 1.19. The van der Waals surface area contributed by atoms with Gasteiger partial charge in [0.05, 0.1) is 0 Å². The number of nitrogens with zero attached hydrogens (tertiary/aromatic N) is 1. The molecule has 0 bridgehead atoms. The fourth-order valence-electron chi connectivity index (χ4n) is 1.88. The third-order valence-corrected chi connectivity index (χ3v) is 4.14. The highest BCUT2D eigenvalue weighted by Crippen LogP contribution is 2.25. The van der Waals surface area contributed by atoms with Crippen molar-refractivity contribution in [1.29, 1.82) is 0 Å². The van der Waals surface area contributed by atoms with Gasteiger partial charge in [0.2, 0.25) is 0 Å². The van der Waals surface area contributed by atoms with Gasteiger partial charge in [-0.25, -0.2) is 4.98 Å². The minimum Gasteiger partial charge on any atom is -0.484 e. The number of benzene rings is 1. The van der Waals surface area contributed by atoms with Gasteiger partial charge < -0.3 is 10.1 Å². The molecule has 1 aromatic heterocycles. The van der Waals surface area contributed by atoms with Gasteiger partial charge >= 0.3 is 0 Å². The monoisotopic (exact) mass is 318 g/mol. The zero-order valence-electron chi connectivity index (χ0n) is 13.3. The van der Waals surface area contributed by atoms with Crippen LogP contribution >= 0.6 is 11.3 Å². The average Bonchev–Trinajstić information content (AvgIpc) is 2.92. The van der Waals surface area contributed by atoms with E-state index in [2.05, 4.69) is 24.1 Å². The first-order valence-corrected chi connectivity index (χ1v) is 8.34. The second kappa shape index (κ2) is 7.94. The Kier molecular flexibility index (Phi) is 5.95. The minimum absolute atomic E-state index is 0.0494. The highest BCUT2D eigenvalue weighted by Gasteiger charge is 2.05. The zero-order valence-corrected chi connectivity index (χ0v) is 14.1. The number of amides is 1. The molecular formula is C17H22N2O2S. The summed E-state index contributed by atoms with van der Waals surface area (Å²) in [5, 5.41) is 5.88. The van der Waals surface area contributed by atoms with Crippen LogP contribution in [0.2, 0.25) is 0 Å². The lowest BCUT2D eigenvalue weighted by Crippen LogP contribution is -2.30. The fraction of sp³-hybridized carbons (Fsp3) is 0.412. The second-order valence-electron chi connectivity index (χ2n) is 5.64. The van der Waals surface area contributed by atoms with Crippen molar-refractivity contribution in [2.45, 2.75) is 27.2 Å². The summed E-state index contributed by atoms with van der Waals surface area (Å²) in [6, 6.07) is 7.66. The molecule has 22 heavy (non-hydrogen) atoms. The maximum absolute atomic E-state index is 11.6. The summed E-state index contributed by atoms with van der Waals surface area (Å²) in [4.78, 5) is 16.1. The van der Waals surface area contributed by atoms with E-state index >= 15 is 0 Å². The van der Waals surface area contributed by atoms with Crippen molar-refractivity contribution in [2.75, 3.05) is 13.2 Å². The van der Waals surface area contributed by atoms with Crippen LogP contribution in [0.3, 0.4) is 0 Å². The number of hydrogen-bond donors (Lipinski definition) is 1. The van der Waals surface area contributed by atoms with E-state index in [-0.39, 0.29) is 12.5 Å². The first kappa shape index (κ1) is 16.5. The second-order valence-corrected chi connectivity index (χ2v) is 6.50. The first-order chi connectivity index (χ1) is 10.5. The van der Waals surface area contributed by atoms with E-state index in [4.69, 9.17) is 4.74 Å². The summed E-state index contributed by atoms with van der Waals surface area (Å²) in [7, 11) is 0. The molecule has 1 amide bonds. The molecule has 0 aliphatic heterocycles. The van der Waals surface area contributed by atoms with E-state index in [1.165, 1.54) is 0 Å². The molecule has 0 fully saturated rings. The van der Waals surface area contributed by atoms with Crippen molar-refractivity contribution < 1.29 is 9.53 Å². The number of ether oxygens (including phenoxy) is 1. The number of carbonyl (C=O) groups is 1. The summed E-state index contributed by atoms with van der Waals surface area (Å²) in [5.41, 5.74) is 2.09. The Morgan fingerprint density at radius 1 is 1.32 bits per heavy atom. The van der Waals surface area contributed by atoms with Crippen molar-refractivity contribution in [3.05, 3.63) is 35.3 Å². The number of hydrogen-bond acceptors (Lipinski definition) is 4. The van der Waals surface area contributed by atoms with Crippen LogP contribution in [-0.4, -0.2) is 24.0 Å². The highest BCUT2D eigenvalue weighted by molar-refractivity contribution is 7.13. The van der Waals surface area contributed by atoms with Crippen LogP contribution in [-0.2, 0) is 4.79 Å². The van der Waals surface area contributed by atoms with E-state index in [0.29, 0.717) is 18.2 Å². The maximum atomic E-state index is 11.6. The van der Waals surface area contributed by atoms with Gasteiger partial charge in [-0.2, -0.15) is 0 Å². The predicted octanol–water partition coefficient (Wildman–Crippen LogP) is 3.66. The smallest absolute Gasteiger partial charge is 0.257 e. The molecule has 1 aromatic carbocycles. The molecule has 0 saturated heterocycles. The van der Waals surface area contributed by atoms with E-state index in [1.54, 1.807) is 11.3 Å². The van der Waals surface area contributed by atoms with E-state index in [0.717, 1.165) is 22.7 Å². The molecule has 0 radical (unpaired) electrons. The molecule has 0 aliphatic rings. The number of aryl methyl sites for hydroxylation is 1. The molecule has 118 valence electrons. The van der Waals surface area contributed by atoms with Crippen LogP contribution in [0.25, 0.3) is 10.6 Å². The molecule has 0 unspecified atom stereocenters. The van der Waals surface area contributed by atoms with Crippen molar-refractivity contribution in [2.24, 2.45) is 5.92 Å². The third-order valence-electron chi connectivity index (χ3n) is 3.13. The van der Waals surface area contributed by atoms with Crippen molar-refractivity contribution in [3.8, 4) is 16.3 Å². The molecule has 5 heteroatoms. The zero-order chi connectivity index (χ0) is 15.9.